The monoisotopic (exact) mass is 274 g/mol. The van der Waals surface area contributed by atoms with Crippen LogP contribution in [0.1, 0.15) is 46.1 Å². The van der Waals surface area contributed by atoms with Gasteiger partial charge in [-0.3, -0.25) is 4.79 Å². The highest BCUT2D eigenvalue weighted by Crippen LogP contribution is 2.33. The van der Waals surface area contributed by atoms with Crippen molar-refractivity contribution in [3.63, 3.8) is 0 Å². The van der Waals surface area contributed by atoms with E-state index in [0.717, 1.165) is 30.8 Å². The highest BCUT2D eigenvalue weighted by molar-refractivity contribution is 5.95. The smallest absolute Gasteiger partial charge is 0.227 e. The van der Waals surface area contributed by atoms with Crippen molar-refractivity contribution in [2.45, 2.75) is 47.0 Å². The Labute approximate surface area is 122 Å². The van der Waals surface area contributed by atoms with Crippen LogP contribution in [0, 0.1) is 11.3 Å². The van der Waals surface area contributed by atoms with Gasteiger partial charge in [-0.05, 0) is 41.9 Å². The van der Waals surface area contributed by atoms with E-state index in [0.29, 0.717) is 12.3 Å². The van der Waals surface area contributed by atoms with E-state index in [9.17, 15) is 4.79 Å². The molecular weight excluding hydrogens is 248 g/mol. The second kappa shape index (κ2) is 5.47. The SMILES string of the molecule is CC(CC(=O)N1CCCc2ccc(N)cc21)C(C)(C)C. The van der Waals surface area contributed by atoms with Gasteiger partial charge in [-0.25, -0.2) is 0 Å². The molecule has 110 valence electrons. The first-order chi connectivity index (χ1) is 9.29. The Morgan fingerprint density at radius 2 is 2.10 bits per heavy atom. The number of fused-ring (bicyclic) bond motifs is 1. The third-order valence-electron chi connectivity index (χ3n) is 4.49. The predicted molar refractivity (Wildman–Crippen MR) is 84.8 cm³/mol. The Morgan fingerprint density at radius 3 is 2.75 bits per heavy atom. The molecule has 1 amide bonds. The molecule has 1 heterocycles. The summed E-state index contributed by atoms with van der Waals surface area (Å²) in [6, 6.07) is 5.91. The summed E-state index contributed by atoms with van der Waals surface area (Å²) in [5.74, 6) is 0.584. The molecule has 1 atom stereocenters. The minimum atomic E-state index is 0.157. The van der Waals surface area contributed by atoms with Gasteiger partial charge in [0, 0.05) is 24.3 Å². The second-order valence-corrected chi connectivity index (χ2v) is 7.01. The summed E-state index contributed by atoms with van der Waals surface area (Å²) in [7, 11) is 0. The lowest BCUT2D eigenvalue weighted by atomic mass is 9.80. The third-order valence-corrected chi connectivity index (χ3v) is 4.49. The summed E-state index contributed by atoms with van der Waals surface area (Å²) < 4.78 is 0. The van der Waals surface area contributed by atoms with Crippen molar-refractivity contribution < 1.29 is 4.79 Å². The maximum Gasteiger partial charge on any atom is 0.227 e. The minimum absolute atomic E-state index is 0.157. The Bertz CT molecular complexity index is 502. The first-order valence-electron chi connectivity index (χ1n) is 7.48. The van der Waals surface area contributed by atoms with E-state index >= 15 is 0 Å². The molecule has 2 rings (SSSR count). The Balaban J connectivity index is 2.19. The average Bonchev–Trinajstić information content (AvgIpc) is 2.36. The topological polar surface area (TPSA) is 46.3 Å². The maximum atomic E-state index is 12.6. The molecule has 0 radical (unpaired) electrons. The molecule has 20 heavy (non-hydrogen) atoms. The lowest BCUT2D eigenvalue weighted by Gasteiger charge is -2.33. The van der Waals surface area contributed by atoms with Gasteiger partial charge in [0.25, 0.3) is 0 Å². The summed E-state index contributed by atoms with van der Waals surface area (Å²) in [5.41, 5.74) is 9.02. The molecule has 0 aromatic heterocycles. The van der Waals surface area contributed by atoms with E-state index in [4.69, 9.17) is 5.73 Å². The summed E-state index contributed by atoms with van der Waals surface area (Å²) in [6.45, 7) is 9.53. The number of nitrogens with zero attached hydrogens (tertiary/aromatic N) is 1. The van der Waals surface area contributed by atoms with Crippen LogP contribution in [0.2, 0.25) is 0 Å². The number of hydrogen-bond donors (Lipinski definition) is 1. The van der Waals surface area contributed by atoms with Gasteiger partial charge in [0.05, 0.1) is 0 Å². The van der Waals surface area contributed by atoms with E-state index in [1.807, 2.05) is 17.0 Å². The molecule has 3 heteroatoms. The molecule has 0 saturated carbocycles. The van der Waals surface area contributed by atoms with Crippen molar-refractivity contribution >= 4 is 17.3 Å². The molecule has 3 nitrogen and oxygen atoms in total. The van der Waals surface area contributed by atoms with Gasteiger partial charge in [0.1, 0.15) is 0 Å². The number of nitrogens with two attached hydrogens (primary N) is 1. The Morgan fingerprint density at radius 1 is 1.40 bits per heavy atom. The predicted octanol–water partition coefficient (Wildman–Crippen LogP) is 3.62. The van der Waals surface area contributed by atoms with Crippen molar-refractivity contribution in [2.24, 2.45) is 11.3 Å². The van der Waals surface area contributed by atoms with Crippen LogP contribution in [0.15, 0.2) is 18.2 Å². The van der Waals surface area contributed by atoms with Gasteiger partial charge < -0.3 is 10.6 Å². The third kappa shape index (κ3) is 3.14. The van der Waals surface area contributed by atoms with Crippen LogP contribution in [0.4, 0.5) is 11.4 Å². The zero-order valence-electron chi connectivity index (χ0n) is 13.1. The fraction of sp³-hybridized carbons (Fsp3) is 0.588. The van der Waals surface area contributed by atoms with Crippen molar-refractivity contribution in [3.05, 3.63) is 23.8 Å². The number of rotatable bonds is 2. The van der Waals surface area contributed by atoms with Gasteiger partial charge in [-0.15, -0.1) is 0 Å². The number of amides is 1. The average molecular weight is 274 g/mol. The molecule has 0 bridgehead atoms. The van der Waals surface area contributed by atoms with Crippen molar-refractivity contribution in [1.29, 1.82) is 0 Å². The molecule has 1 aromatic rings. The number of benzene rings is 1. The number of aryl methyl sites for hydroxylation is 1. The van der Waals surface area contributed by atoms with Gasteiger partial charge in [-0.2, -0.15) is 0 Å². The normalized spacial score (nSPS) is 16.7. The molecule has 2 N–H and O–H groups in total. The molecule has 1 unspecified atom stereocenters. The zero-order chi connectivity index (χ0) is 14.9. The second-order valence-electron chi connectivity index (χ2n) is 7.01. The van der Waals surface area contributed by atoms with Crippen molar-refractivity contribution in [3.8, 4) is 0 Å². The van der Waals surface area contributed by atoms with Gasteiger partial charge in [0.2, 0.25) is 5.91 Å². The molecule has 1 aliphatic heterocycles. The molecule has 0 fully saturated rings. The van der Waals surface area contributed by atoms with Crippen LogP contribution >= 0.6 is 0 Å². The molecule has 1 aliphatic rings. The van der Waals surface area contributed by atoms with Gasteiger partial charge >= 0.3 is 0 Å². The minimum Gasteiger partial charge on any atom is -0.399 e. The summed E-state index contributed by atoms with van der Waals surface area (Å²) in [4.78, 5) is 14.5. The molecular formula is C17H26N2O. The lowest BCUT2D eigenvalue weighted by Crippen LogP contribution is -2.37. The van der Waals surface area contributed by atoms with Crippen LogP contribution < -0.4 is 10.6 Å². The van der Waals surface area contributed by atoms with E-state index in [2.05, 4.69) is 33.8 Å². The molecule has 0 aliphatic carbocycles. The van der Waals surface area contributed by atoms with Crippen LogP contribution in [-0.2, 0) is 11.2 Å². The number of anilines is 2. The highest BCUT2D eigenvalue weighted by Gasteiger charge is 2.28. The van der Waals surface area contributed by atoms with E-state index in [1.54, 1.807) is 0 Å². The number of carbonyl (C=O) groups is 1. The first-order valence-corrected chi connectivity index (χ1v) is 7.48. The summed E-state index contributed by atoms with van der Waals surface area (Å²) in [6.07, 6.45) is 2.67. The highest BCUT2D eigenvalue weighted by atomic mass is 16.2. The summed E-state index contributed by atoms with van der Waals surface area (Å²) >= 11 is 0. The Kier molecular flexibility index (Phi) is 4.07. The quantitative estimate of drug-likeness (QED) is 0.837. The van der Waals surface area contributed by atoms with Crippen LogP contribution in [0.3, 0.4) is 0 Å². The van der Waals surface area contributed by atoms with Crippen molar-refractivity contribution in [2.75, 3.05) is 17.2 Å². The molecule has 1 aromatic carbocycles. The maximum absolute atomic E-state index is 12.6. The number of nitrogen functional groups attached to an aromatic ring is 1. The molecule has 0 saturated heterocycles. The fourth-order valence-corrected chi connectivity index (χ4v) is 2.53. The fourth-order valence-electron chi connectivity index (χ4n) is 2.53. The van der Waals surface area contributed by atoms with Gasteiger partial charge in [-0.1, -0.05) is 33.8 Å². The number of hydrogen-bond acceptors (Lipinski definition) is 2. The van der Waals surface area contributed by atoms with E-state index in [1.165, 1.54) is 5.56 Å². The van der Waals surface area contributed by atoms with Crippen LogP contribution in [-0.4, -0.2) is 12.5 Å². The van der Waals surface area contributed by atoms with Gasteiger partial charge in [0.15, 0.2) is 0 Å². The van der Waals surface area contributed by atoms with Crippen molar-refractivity contribution in [1.82, 2.24) is 0 Å². The van der Waals surface area contributed by atoms with E-state index < -0.39 is 0 Å². The molecule has 0 spiro atoms. The largest absolute Gasteiger partial charge is 0.399 e. The Hall–Kier alpha value is -1.51. The van der Waals surface area contributed by atoms with E-state index in [-0.39, 0.29) is 11.3 Å². The first kappa shape index (κ1) is 14.9. The zero-order valence-corrected chi connectivity index (χ0v) is 13.1. The van der Waals surface area contributed by atoms with Crippen LogP contribution in [0.5, 0.6) is 0 Å². The standard InChI is InChI=1S/C17H26N2O/c1-12(17(2,3)4)10-16(20)19-9-5-6-13-7-8-14(18)11-15(13)19/h7-8,11-12H,5-6,9-10,18H2,1-4H3. The number of carbonyl (C=O) groups excluding carboxylic acids is 1. The lowest BCUT2D eigenvalue weighted by molar-refractivity contribution is -0.120. The van der Waals surface area contributed by atoms with Crippen LogP contribution in [0.25, 0.3) is 0 Å². The summed E-state index contributed by atoms with van der Waals surface area (Å²) in [5, 5.41) is 0.